The standard InChI is InChI=1S/C12H14BrN3S/c1-7(2)14-12-15-11(16-17-12)9-5-4-8(3)10(13)6-9/h4-7H,1-3H3,(H,14,15,16). The van der Waals surface area contributed by atoms with Crippen LogP contribution >= 0.6 is 27.5 Å². The molecule has 0 unspecified atom stereocenters. The van der Waals surface area contributed by atoms with Gasteiger partial charge < -0.3 is 5.32 Å². The summed E-state index contributed by atoms with van der Waals surface area (Å²) >= 11 is 4.92. The first-order chi connectivity index (χ1) is 8.06. The van der Waals surface area contributed by atoms with Crippen molar-refractivity contribution in [2.45, 2.75) is 26.8 Å². The third kappa shape index (κ3) is 3.04. The number of anilines is 1. The maximum Gasteiger partial charge on any atom is 0.203 e. The van der Waals surface area contributed by atoms with Gasteiger partial charge in [-0.3, -0.25) is 0 Å². The van der Waals surface area contributed by atoms with Crippen molar-refractivity contribution < 1.29 is 0 Å². The van der Waals surface area contributed by atoms with Gasteiger partial charge in [-0.05, 0) is 32.4 Å². The van der Waals surface area contributed by atoms with Gasteiger partial charge in [0.25, 0.3) is 0 Å². The van der Waals surface area contributed by atoms with Crippen LogP contribution in [0, 0.1) is 6.92 Å². The van der Waals surface area contributed by atoms with Gasteiger partial charge in [0.05, 0.1) is 0 Å². The Hall–Kier alpha value is -0.940. The Balaban J connectivity index is 2.27. The van der Waals surface area contributed by atoms with Crippen molar-refractivity contribution in [2.75, 3.05) is 5.32 Å². The first-order valence-electron chi connectivity index (χ1n) is 5.43. The van der Waals surface area contributed by atoms with Crippen molar-refractivity contribution in [3.8, 4) is 11.4 Å². The zero-order valence-corrected chi connectivity index (χ0v) is 12.4. The molecule has 0 saturated carbocycles. The van der Waals surface area contributed by atoms with Crippen LogP contribution in [-0.2, 0) is 0 Å². The quantitative estimate of drug-likeness (QED) is 0.927. The van der Waals surface area contributed by atoms with Crippen molar-refractivity contribution >= 4 is 32.6 Å². The topological polar surface area (TPSA) is 37.8 Å². The lowest BCUT2D eigenvalue weighted by Crippen LogP contribution is -2.08. The van der Waals surface area contributed by atoms with Gasteiger partial charge in [-0.1, -0.05) is 28.1 Å². The van der Waals surface area contributed by atoms with E-state index < -0.39 is 0 Å². The van der Waals surface area contributed by atoms with E-state index in [2.05, 4.69) is 63.5 Å². The molecule has 1 aromatic carbocycles. The molecule has 0 fully saturated rings. The average Bonchev–Trinajstić information content (AvgIpc) is 2.69. The Labute approximate surface area is 114 Å². The molecule has 0 aliphatic heterocycles. The molecule has 5 heteroatoms. The molecule has 0 atom stereocenters. The van der Waals surface area contributed by atoms with E-state index in [9.17, 15) is 0 Å². The second kappa shape index (κ2) is 5.14. The molecular weight excluding hydrogens is 298 g/mol. The number of nitrogens with one attached hydrogen (secondary N) is 1. The highest BCUT2D eigenvalue weighted by Gasteiger charge is 2.08. The number of halogens is 1. The lowest BCUT2D eigenvalue weighted by molar-refractivity contribution is 0.896. The highest BCUT2D eigenvalue weighted by molar-refractivity contribution is 9.10. The van der Waals surface area contributed by atoms with Crippen LogP contribution in [0.5, 0.6) is 0 Å². The summed E-state index contributed by atoms with van der Waals surface area (Å²) in [5.74, 6) is 0.777. The molecule has 0 aliphatic rings. The van der Waals surface area contributed by atoms with Gasteiger partial charge >= 0.3 is 0 Å². The molecule has 0 amide bonds. The average molecular weight is 312 g/mol. The molecular formula is C12H14BrN3S. The second-order valence-electron chi connectivity index (χ2n) is 4.19. The van der Waals surface area contributed by atoms with Crippen molar-refractivity contribution in [3.63, 3.8) is 0 Å². The fraction of sp³-hybridized carbons (Fsp3) is 0.333. The van der Waals surface area contributed by atoms with Crippen molar-refractivity contribution in [3.05, 3.63) is 28.2 Å². The third-order valence-electron chi connectivity index (χ3n) is 2.27. The highest BCUT2D eigenvalue weighted by atomic mass is 79.9. The molecule has 2 aromatic rings. The first kappa shape index (κ1) is 12.5. The first-order valence-corrected chi connectivity index (χ1v) is 6.99. The van der Waals surface area contributed by atoms with E-state index in [-0.39, 0.29) is 0 Å². The van der Waals surface area contributed by atoms with Crippen molar-refractivity contribution in [1.82, 2.24) is 9.36 Å². The molecule has 0 radical (unpaired) electrons. The Kier molecular flexibility index (Phi) is 3.79. The maximum atomic E-state index is 4.47. The third-order valence-corrected chi connectivity index (χ3v) is 3.77. The number of aromatic nitrogens is 2. The van der Waals surface area contributed by atoms with Crippen LogP contribution in [0.1, 0.15) is 19.4 Å². The molecule has 17 heavy (non-hydrogen) atoms. The minimum absolute atomic E-state index is 0.376. The van der Waals surface area contributed by atoms with Crippen LogP contribution in [0.25, 0.3) is 11.4 Å². The zero-order chi connectivity index (χ0) is 12.4. The van der Waals surface area contributed by atoms with Crippen molar-refractivity contribution in [1.29, 1.82) is 0 Å². The molecule has 2 rings (SSSR count). The fourth-order valence-corrected chi connectivity index (χ4v) is 2.49. The van der Waals surface area contributed by atoms with E-state index in [1.165, 1.54) is 17.1 Å². The van der Waals surface area contributed by atoms with Gasteiger partial charge in [-0.15, -0.1) is 0 Å². The summed E-state index contributed by atoms with van der Waals surface area (Å²) in [6.45, 7) is 6.24. The SMILES string of the molecule is Cc1ccc(-c2nsc(NC(C)C)n2)cc1Br. The van der Waals surface area contributed by atoms with Gasteiger partial charge in [-0.25, -0.2) is 0 Å². The Morgan fingerprint density at radius 2 is 2.12 bits per heavy atom. The summed E-state index contributed by atoms with van der Waals surface area (Å²) in [5.41, 5.74) is 2.25. The summed E-state index contributed by atoms with van der Waals surface area (Å²) in [6, 6.07) is 6.54. The van der Waals surface area contributed by atoms with E-state index in [1.807, 2.05) is 6.07 Å². The predicted molar refractivity (Wildman–Crippen MR) is 76.5 cm³/mol. The fourth-order valence-electron chi connectivity index (χ4n) is 1.38. The smallest absolute Gasteiger partial charge is 0.203 e. The Morgan fingerprint density at radius 3 is 2.76 bits per heavy atom. The molecule has 1 aromatic heterocycles. The number of rotatable bonds is 3. The van der Waals surface area contributed by atoms with Crippen LogP contribution in [0.4, 0.5) is 5.13 Å². The molecule has 0 saturated heterocycles. The van der Waals surface area contributed by atoms with Crippen LogP contribution < -0.4 is 5.32 Å². The van der Waals surface area contributed by atoms with Gasteiger partial charge in [0.2, 0.25) is 5.13 Å². The maximum absolute atomic E-state index is 4.47. The number of benzene rings is 1. The summed E-state index contributed by atoms with van der Waals surface area (Å²) in [4.78, 5) is 4.47. The highest BCUT2D eigenvalue weighted by Crippen LogP contribution is 2.26. The molecule has 0 bridgehead atoms. The van der Waals surface area contributed by atoms with E-state index in [0.717, 1.165) is 21.0 Å². The lowest BCUT2D eigenvalue weighted by Gasteiger charge is -2.03. The zero-order valence-electron chi connectivity index (χ0n) is 9.99. The summed E-state index contributed by atoms with van der Waals surface area (Å²) in [6.07, 6.45) is 0. The number of aryl methyl sites for hydroxylation is 1. The van der Waals surface area contributed by atoms with Gasteiger partial charge in [0, 0.05) is 27.6 Å². The molecule has 0 aliphatic carbocycles. The van der Waals surface area contributed by atoms with Crippen LogP contribution in [-0.4, -0.2) is 15.4 Å². The van der Waals surface area contributed by atoms with Crippen LogP contribution in [0.15, 0.2) is 22.7 Å². The Morgan fingerprint density at radius 1 is 1.35 bits per heavy atom. The largest absolute Gasteiger partial charge is 0.358 e. The van der Waals surface area contributed by atoms with E-state index in [0.29, 0.717) is 6.04 Å². The molecule has 3 nitrogen and oxygen atoms in total. The van der Waals surface area contributed by atoms with Gasteiger partial charge in [-0.2, -0.15) is 9.36 Å². The van der Waals surface area contributed by atoms with E-state index in [4.69, 9.17) is 0 Å². The van der Waals surface area contributed by atoms with E-state index >= 15 is 0 Å². The number of hydrogen-bond acceptors (Lipinski definition) is 4. The predicted octanol–water partition coefficient (Wildman–Crippen LogP) is 4.10. The van der Waals surface area contributed by atoms with E-state index in [1.54, 1.807) is 0 Å². The van der Waals surface area contributed by atoms with Crippen molar-refractivity contribution in [2.24, 2.45) is 0 Å². The van der Waals surface area contributed by atoms with Gasteiger partial charge in [0.15, 0.2) is 5.82 Å². The second-order valence-corrected chi connectivity index (χ2v) is 5.79. The molecule has 1 N–H and O–H groups in total. The minimum Gasteiger partial charge on any atom is -0.358 e. The van der Waals surface area contributed by atoms with Crippen LogP contribution in [0.3, 0.4) is 0 Å². The molecule has 1 heterocycles. The molecule has 90 valence electrons. The summed E-state index contributed by atoms with van der Waals surface area (Å²) in [7, 11) is 0. The Bertz CT molecular complexity index is 522. The minimum atomic E-state index is 0.376. The number of nitrogens with zero attached hydrogens (tertiary/aromatic N) is 2. The normalized spacial score (nSPS) is 10.9. The monoisotopic (exact) mass is 311 g/mol. The summed E-state index contributed by atoms with van der Waals surface area (Å²) < 4.78 is 5.44. The summed E-state index contributed by atoms with van der Waals surface area (Å²) in [5, 5.41) is 4.12. The number of hydrogen-bond donors (Lipinski definition) is 1. The van der Waals surface area contributed by atoms with Crippen LogP contribution in [0.2, 0.25) is 0 Å². The molecule has 0 spiro atoms. The lowest BCUT2D eigenvalue weighted by atomic mass is 10.1. The van der Waals surface area contributed by atoms with Gasteiger partial charge in [0.1, 0.15) is 0 Å².